The summed E-state index contributed by atoms with van der Waals surface area (Å²) in [5.74, 6) is 0. The van der Waals surface area contributed by atoms with E-state index in [1.54, 1.807) is 17.5 Å². The quantitative estimate of drug-likeness (QED) is 0.836. The molecule has 2 aromatic heterocycles. The van der Waals surface area contributed by atoms with Crippen molar-refractivity contribution in [2.24, 2.45) is 0 Å². The number of rotatable bonds is 2. The molecule has 5 heteroatoms. The van der Waals surface area contributed by atoms with Gasteiger partial charge in [-0.1, -0.05) is 32.4 Å². The number of nitrogens with zero attached hydrogens (tertiary/aromatic N) is 3. The van der Waals surface area contributed by atoms with Crippen LogP contribution in [-0.2, 0) is 11.8 Å². The van der Waals surface area contributed by atoms with Gasteiger partial charge in [-0.05, 0) is 0 Å². The van der Waals surface area contributed by atoms with Crippen LogP contribution in [0.25, 0.3) is 0 Å². The molecule has 0 unspecified atom stereocenters. The van der Waals surface area contributed by atoms with E-state index in [1.807, 2.05) is 0 Å². The average molecular weight is 268 g/mol. The molecule has 2 heterocycles. The van der Waals surface area contributed by atoms with Gasteiger partial charge in [-0.25, -0.2) is 15.0 Å². The Labute approximate surface area is 110 Å². The van der Waals surface area contributed by atoms with E-state index in [1.165, 1.54) is 6.33 Å². The molecule has 0 aromatic carbocycles. The highest BCUT2D eigenvalue weighted by Crippen LogP contribution is 2.25. The molecular formula is C12H14ClN3S. The highest BCUT2D eigenvalue weighted by Gasteiger charge is 2.17. The molecule has 0 aliphatic carbocycles. The first-order valence-electron chi connectivity index (χ1n) is 5.36. The molecule has 0 N–H and O–H groups in total. The van der Waals surface area contributed by atoms with Crippen molar-refractivity contribution in [3.05, 3.63) is 39.3 Å². The molecule has 0 saturated carbocycles. The van der Waals surface area contributed by atoms with Crippen molar-refractivity contribution in [1.29, 1.82) is 0 Å². The van der Waals surface area contributed by atoms with E-state index in [0.29, 0.717) is 11.4 Å². The monoisotopic (exact) mass is 267 g/mol. The van der Waals surface area contributed by atoms with Gasteiger partial charge in [-0.3, -0.25) is 0 Å². The molecule has 0 saturated heterocycles. The Kier molecular flexibility index (Phi) is 3.45. The molecule has 0 spiro atoms. The maximum atomic E-state index is 6.02. The molecule has 17 heavy (non-hydrogen) atoms. The second-order valence-electron chi connectivity index (χ2n) is 4.87. The van der Waals surface area contributed by atoms with E-state index in [0.717, 1.165) is 16.4 Å². The standard InChI is InChI=1S/C12H14ClN3S/c1-12(2,3)10-6-17-11(16-10)4-9-8(13)5-14-7-15-9/h5-7H,4H2,1-3H3. The van der Waals surface area contributed by atoms with Crippen LogP contribution in [0.15, 0.2) is 17.9 Å². The largest absolute Gasteiger partial charge is 0.245 e. The summed E-state index contributed by atoms with van der Waals surface area (Å²) in [7, 11) is 0. The fourth-order valence-corrected chi connectivity index (χ4v) is 2.54. The fourth-order valence-electron chi connectivity index (χ4n) is 1.35. The molecular weight excluding hydrogens is 254 g/mol. The minimum absolute atomic E-state index is 0.0875. The lowest BCUT2D eigenvalue weighted by molar-refractivity contribution is 0.571. The summed E-state index contributed by atoms with van der Waals surface area (Å²) in [6.07, 6.45) is 3.80. The molecule has 0 radical (unpaired) electrons. The first-order valence-corrected chi connectivity index (χ1v) is 6.62. The normalized spacial score (nSPS) is 11.8. The highest BCUT2D eigenvalue weighted by atomic mass is 35.5. The second kappa shape index (κ2) is 4.70. The lowest BCUT2D eigenvalue weighted by Gasteiger charge is -2.14. The van der Waals surface area contributed by atoms with Gasteiger partial charge < -0.3 is 0 Å². The molecule has 0 atom stereocenters. The smallest absolute Gasteiger partial charge is 0.115 e. The van der Waals surface area contributed by atoms with Crippen LogP contribution in [0.5, 0.6) is 0 Å². The van der Waals surface area contributed by atoms with E-state index in [9.17, 15) is 0 Å². The van der Waals surface area contributed by atoms with Crippen LogP contribution >= 0.6 is 22.9 Å². The van der Waals surface area contributed by atoms with Crippen LogP contribution in [0.3, 0.4) is 0 Å². The number of hydrogen-bond acceptors (Lipinski definition) is 4. The number of hydrogen-bond donors (Lipinski definition) is 0. The van der Waals surface area contributed by atoms with Crippen LogP contribution in [0, 0.1) is 0 Å². The summed E-state index contributed by atoms with van der Waals surface area (Å²) >= 11 is 7.67. The van der Waals surface area contributed by atoms with Gasteiger partial charge in [-0.2, -0.15) is 0 Å². The minimum Gasteiger partial charge on any atom is -0.245 e. The first kappa shape index (κ1) is 12.5. The maximum Gasteiger partial charge on any atom is 0.115 e. The van der Waals surface area contributed by atoms with Crippen molar-refractivity contribution in [2.75, 3.05) is 0 Å². The molecule has 2 rings (SSSR count). The van der Waals surface area contributed by atoms with Gasteiger partial charge in [0.15, 0.2) is 0 Å². The molecule has 3 nitrogen and oxygen atoms in total. The van der Waals surface area contributed by atoms with Crippen LogP contribution in [0.4, 0.5) is 0 Å². The van der Waals surface area contributed by atoms with Crippen molar-refractivity contribution in [3.63, 3.8) is 0 Å². The van der Waals surface area contributed by atoms with Gasteiger partial charge in [-0.15, -0.1) is 11.3 Å². The van der Waals surface area contributed by atoms with Crippen LogP contribution < -0.4 is 0 Å². The summed E-state index contributed by atoms with van der Waals surface area (Å²) in [5.41, 5.74) is 2.03. The summed E-state index contributed by atoms with van der Waals surface area (Å²) < 4.78 is 0. The van der Waals surface area contributed by atoms with Gasteiger partial charge in [0, 0.05) is 23.4 Å². The molecule has 0 amide bonds. The van der Waals surface area contributed by atoms with Crippen LogP contribution in [-0.4, -0.2) is 15.0 Å². The molecule has 90 valence electrons. The third kappa shape index (κ3) is 3.01. The van der Waals surface area contributed by atoms with Crippen molar-refractivity contribution >= 4 is 22.9 Å². The predicted molar refractivity (Wildman–Crippen MR) is 70.7 cm³/mol. The highest BCUT2D eigenvalue weighted by molar-refractivity contribution is 7.09. The van der Waals surface area contributed by atoms with E-state index in [-0.39, 0.29) is 5.41 Å². The SMILES string of the molecule is CC(C)(C)c1csc(Cc2ncncc2Cl)n1. The number of thiazole rings is 1. The molecule has 0 bridgehead atoms. The zero-order valence-corrected chi connectivity index (χ0v) is 11.6. The minimum atomic E-state index is 0.0875. The van der Waals surface area contributed by atoms with Crippen molar-refractivity contribution < 1.29 is 0 Å². The molecule has 2 aromatic rings. The molecule has 0 fully saturated rings. The Balaban J connectivity index is 2.21. The second-order valence-corrected chi connectivity index (χ2v) is 6.22. The van der Waals surface area contributed by atoms with Gasteiger partial charge in [0.25, 0.3) is 0 Å². The number of halogens is 1. The summed E-state index contributed by atoms with van der Waals surface area (Å²) in [6.45, 7) is 6.47. The van der Waals surface area contributed by atoms with Gasteiger partial charge >= 0.3 is 0 Å². The summed E-state index contributed by atoms with van der Waals surface area (Å²) in [5, 5.41) is 3.74. The Morgan fingerprint density at radius 2 is 2.12 bits per heavy atom. The van der Waals surface area contributed by atoms with Gasteiger partial charge in [0.05, 0.1) is 21.4 Å². The van der Waals surface area contributed by atoms with E-state index in [2.05, 4.69) is 41.1 Å². The molecule has 0 aliphatic heterocycles. The fraction of sp³-hybridized carbons (Fsp3) is 0.417. The lowest BCUT2D eigenvalue weighted by Crippen LogP contribution is -2.11. The van der Waals surface area contributed by atoms with Crippen molar-refractivity contribution in [3.8, 4) is 0 Å². The average Bonchev–Trinajstić information content (AvgIpc) is 2.69. The Morgan fingerprint density at radius 3 is 2.71 bits per heavy atom. The van der Waals surface area contributed by atoms with Crippen LogP contribution in [0.2, 0.25) is 5.02 Å². The first-order chi connectivity index (χ1) is 7.97. The van der Waals surface area contributed by atoms with Gasteiger partial charge in [0.2, 0.25) is 0 Å². The summed E-state index contributed by atoms with van der Waals surface area (Å²) in [6, 6.07) is 0. The number of aromatic nitrogens is 3. The Hall–Kier alpha value is -1.00. The Morgan fingerprint density at radius 1 is 1.35 bits per heavy atom. The van der Waals surface area contributed by atoms with Crippen LogP contribution in [0.1, 0.15) is 37.2 Å². The summed E-state index contributed by atoms with van der Waals surface area (Å²) in [4.78, 5) is 12.7. The topological polar surface area (TPSA) is 38.7 Å². The predicted octanol–water partition coefficient (Wildman–Crippen LogP) is 3.47. The Bertz CT molecular complexity index is 516. The molecule has 0 aliphatic rings. The third-order valence-electron chi connectivity index (χ3n) is 2.38. The zero-order valence-electron chi connectivity index (χ0n) is 10.1. The maximum absolute atomic E-state index is 6.02. The van der Waals surface area contributed by atoms with Gasteiger partial charge in [0.1, 0.15) is 6.33 Å². The third-order valence-corrected chi connectivity index (χ3v) is 3.55. The van der Waals surface area contributed by atoms with E-state index in [4.69, 9.17) is 11.6 Å². The van der Waals surface area contributed by atoms with E-state index < -0.39 is 0 Å². The van der Waals surface area contributed by atoms with Crippen molar-refractivity contribution in [1.82, 2.24) is 15.0 Å². The van der Waals surface area contributed by atoms with Crippen molar-refractivity contribution in [2.45, 2.75) is 32.6 Å². The lowest BCUT2D eigenvalue weighted by atomic mass is 9.93. The van der Waals surface area contributed by atoms with E-state index >= 15 is 0 Å². The zero-order chi connectivity index (χ0) is 12.5.